The number of benzene rings is 1. The molecule has 1 aromatic rings. The first kappa shape index (κ1) is 13.3. The molecule has 98 valence electrons. The van der Waals surface area contributed by atoms with Crippen molar-refractivity contribution in [1.82, 2.24) is 0 Å². The summed E-state index contributed by atoms with van der Waals surface area (Å²) in [5.74, 6) is 2.33. The molecule has 1 aliphatic carbocycles. The van der Waals surface area contributed by atoms with Gasteiger partial charge in [-0.1, -0.05) is 63.8 Å². The molecule has 0 saturated heterocycles. The van der Waals surface area contributed by atoms with E-state index in [1.807, 2.05) is 12.1 Å². The highest BCUT2D eigenvalue weighted by atomic mass is 16.1. The molecular weight excluding hydrogens is 220 g/mol. The van der Waals surface area contributed by atoms with E-state index in [0.717, 1.165) is 23.7 Å². The van der Waals surface area contributed by atoms with E-state index in [0.29, 0.717) is 5.92 Å². The van der Waals surface area contributed by atoms with Crippen molar-refractivity contribution in [3.8, 4) is 0 Å². The Kier molecular flexibility index (Phi) is 4.57. The minimum absolute atomic E-state index is 0.621. The summed E-state index contributed by atoms with van der Waals surface area (Å²) in [6.45, 7) is 4.68. The number of aldehydes is 1. The van der Waals surface area contributed by atoms with Gasteiger partial charge in [-0.3, -0.25) is 4.79 Å². The summed E-state index contributed by atoms with van der Waals surface area (Å²) in [7, 11) is 0. The summed E-state index contributed by atoms with van der Waals surface area (Å²) in [5.41, 5.74) is 2.17. The predicted molar refractivity (Wildman–Crippen MR) is 76.0 cm³/mol. The average Bonchev–Trinajstić information content (AvgIpc) is 2.46. The van der Waals surface area contributed by atoms with Crippen molar-refractivity contribution in [3.63, 3.8) is 0 Å². The monoisotopic (exact) mass is 244 g/mol. The van der Waals surface area contributed by atoms with Crippen molar-refractivity contribution in [2.75, 3.05) is 0 Å². The van der Waals surface area contributed by atoms with E-state index >= 15 is 0 Å². The zero-order valence-corrected chi connectivity index (χ0v) is 11.6. The lowest BCUT2D eigenvalue weighted by atomic mass is 9.70. The van der Waals surface area contributed by atoms with E-state index < -0.39 is 0 Å². The molecule has 3 atom stereocenters. The molecule has 1 nitrogen and oxygen atoms in total. The predicted octanol–water partition coefficient (Wildman–Crippen LogP) is 4.82. The molecule has 0 aromatic heterocycles. The Morgan fingerprint density at radius 1 is 1.22 bits per heavy atom. The summed E-state index contributed by atoms with van der Waals surface area (Å²) >= 11 is 0. The van der Waals surface area contributed by atoms with Crippen LogP contribution in [0.5, 0.6) is 0 Å². The van der Waals surface area contributed by atoms with Crippen LogP contribution >= 0.6 is 0 Å². The number of rotatable bonds is 4. The lowest BCUT2D eigenvalue weighted by Crippen LogP contribution is -2.23. The number of carbonyl (C=O) groups is 1. The second-order valence-corrected chi connectivity index (χ2v) is 5.69. The molecule has 3 unspecified atom stereocenters. The van der Waals surface area contributed by atoms with Crippen LogP contribution in [0.15, 0.2) is 24.3 Å². The van der Waals surface area contributed by atoms with Crippen LogP contribution in [0.1, 0.15) is 67.8 Å². The molecular formula is C17H24O. The van der Waals surface area contributed by atoms with E-state index in [2.05, 4.69) is 26.0 Å². The molecule has 2 rings (SSSR count). The molecule has 0 spiro atoms. The second kappa shape index (κ2) is 6.17. The van der Waals surface area contributed by atoms with Crippen molar-refractivity contribution < 1.29 is 4.79 Å². The Hall–Kier alpha value is -1.11. The van der Waals surface area contributed by atoms with Crippen molar-refractivity contribution in [2.24, 2.45) is 11.8 Å². The van der Waals surface area contributed by atoms with Crippen LogP contribution in [0.25, 0.3) is 0 Å². The van der Waals surface area contributed by atoms with Crippen LogP contribution in [-0.4, -0.2) is 6.29 Å². The zero-order valence-electron chi connectivity index (χ0n) is 11.6. The van der Waals surface area contributed by atoms with Gasteiger partial charge in [-0.05, 0) is 29.7 Å². The van der Waals surface area contributed by atoms with Gasteiger partial charge in [-0.15, -0.1) is 0 Å². The molecule has 18 heavy (non-hydrogen) atoms. The standard InChI is InChI=1S/C17H24O/c1-3-15-6-4-5-7-17(15)13(2)16-10-8-14(12-18)9-11-16/h8-13,15,17H,3-7H2,1-2H3. The fourth-order valence-corrected chi connectivity index (χ4v) is 3.53. The van der Waals surface area contributed by atoms with Gasteiger partial charge in [0.25, 0.3) is 0 Å². The number of hydrogen-bond donors (Lipinski definition) is 0. The fourth-order valence-electron chi connectivity index (χ4n) is 3.53. The van der Waals surface area contributed by atoms with Crippen LogP contribution in [0.2, 0.25) is 0 Å². The van der Waals surface area contributed by atoms with Crippen molar-refractivity contribution >= 4 is 6.29 Å². The van der Waals surface area contributed by atoms with Crippen molar-refractivity contribution in [2.45, 2.75) is 51.9 Å². The minimum Gasteiger partial charge on any atom is -0.298 e. The number of carbonyl (C=O) groups excluding carboxylic acids is 1. The van der Waals surface area contributed by atoms with Gasteiger partial charge in [-0.2, -0.15) is 0 Å². The van der Waals surface area contributed by atoms with E-state index in [1.54, 1.807) is 0 Å². The van der Waals surface area contributed by atoms with Crippen molar-refractivity contribution in [1.29, 1.82) is 0 Å². The van der Waals surface area contributed by atoms with Gasteiger partial charge in [0, 0.05) is 5.56 Å². The Balaban J connectivity index is 2.12. The maximum atomic E-state index is 10.7. The van der Waals surface area contributed by atoms with E-state index in [-0.39, 0.29) is 0 Å². The summed E-state index contributed by atoms with van der Waals surface area (Å²) in [5, 5.41) is 0. The van der Waals surface area contributed by atoms with E-state index in [1.165, 1.54) is 37.7 Å². The number of hydrogen-bond acceptors (Lipinski definition) is 1. The Morgan fingerprint density at radius 3 is 2.50 bits per heavy atom. The SMILES string of the molecule is CCC1CCCCC1C(C)c1ccc(C=O)cc1. The molecule has 0 N–H and O–H groups in total. The molecule has 0 radical (unpaired) electrons. The molecule has 1 aromatic carbocycles. The molecule has 0 heterocycles. The Morgan fingerprint density at radius 2 is 1.89 bits per heavy atom. The highest BCUT2D eigenvalue weighted by Crippen LogP contribution is 2.41. The molecule has 0 bridgehead atoms. The van der Waals surface area contributed by atoms with E-state index in [9.17, 15) is 4.79 Å². The van der Waals surface area contributed by atoms with Crippen LogP contribution in [0.4, 0.5) is 0 Å². The molecule has 1 aliphatic rings. The maximum absolute atomic E-state index is 10.7. The van der Waals surface area contributed by atoms with Crippen molar-refractivity contribution in [3.05, 3.63) is 35.4 Å². The minimum atomic E-state index is 0.621. The molecule has 1 fully saturated rings. The third-order valence-electron chi connectivity index (χ3n) is 4.73. The first-order valence-electron chi connectivity index (χ1n) is 7.31. The van der Waals surface area contributed by atoms with Gasteiger partial charge < -0.3 is 0 Å². The zero-order chi connectivity index (χ0) is 13.0. The summed E-state index contributed by atoms with van der Waals surface area (Å²) in [4.78, 5) is 10.7. The fraction of sp³-hybridized carbons (Fsp3) is 0.588. The van der Waals surface area contributed by atoms with Gasteiger partial charge in [0.05, 0.1) is 0 Å². The second-order valence-electron chi connectivity index (χ2n) is 5.69. The van der Waals surface area contributed by atoms with Gasteiger partial charge in [0.1, 0.15) is 6.29 Å². The van der Waals surface area contributed by atoms with Crippen LogP contribution in [0.3, 0.4) is 0 Å². The summed E-state index contributed by atoms with van der Waals surface area (Å²) in [6, 6.07) is 8.16. The third kappa shape index (κ3) is 2.82. The summed E-state index contributed by atoms with van der Waals surface area (Å²) < 4.78 is 0. The quantitative estimate of drug-likeness (QED) is 0.694. The first-order chi connectivity index (χ1) is 8.76. The smallest absolute Gasteiger partial charge is 0.150 e. The lowest BCUT2D eigenvalue weighted by molar-refractivity contribution is 0.112. The molecule has 1 heteroatoms. The van der Waals surface area contributed by atoms with Crippen LogP contribution < -0.4 is 0 Å². The molecule has 0 amide bonds. The highest BCUT2D eigenvalue weighted by Gasteiger charge is 2.28. The Bertz CT molecular complexity index is 379. The van der Waals surface area contributed by atoms with Gasteiger partial charge in [-0.25, -0.2) is 0 Å². The highest BCUT2D eigenvalue weighted by molar-refractivity contribution is 5.74. The van der Waals surface area contributed by atoms with Gasteiger partial charge >= 0.3 is 0 Å². The lowest BCUT2D eigenvalue weighted by Gasteiger charge is -2.35. The largest absolute Gasteiger partial charge is 0.298 e. The average molecular weight is 244 g/mol. The van der Waals surface area contributed by atoms with Gasteiger partial charge in [0.15, 0.2) is 0 Å². The normalized spacial score (nSPS) is 25.7. The molecule has 0 aliphatic heterocycles. The maximum Gasteiger partial charge on any atom is 0.150 e. The van der Waals surface area contributed by atoms with Crippen LogP contribution in [-0.2, 0) is 0 Å². The van der Waals surface area contributed by atoms with E-state index in [4.69, 9.17) is 0 Å². The first-order valence-corrected chi connectivity index (χ1v) is 7.31. The summed E-state index contributed by atoms with van der Waals surface area (Å²) in [6.07, 6.45) is 7.79. The topological polar surface area (TPSA) is 17.1 Å². The van der Waals surface area contributed by atoms with Crippen LogP contribution in [0, 0.1) is 11.8 Å². The molecule has 1 saturated carbocycles. The van der Waals surface area contributed by atoms with Gasteiger partial charge in [0.2, 0.25) is 0 Å². The third-order valence-corrected chi connectivity index (χ3v) is 4.73. The Labute approximate surface area is 111 Å².